The van der Waals surface area contributed by atoms with Crippen molar-refractivity contribution in [3.8, 4) is 0 Å². The molecule has 0 aliphatic heterocycles. The topological polar surface area (TPSA) is 50.2 Å². The normalized spacial score (nSPS) is 16.0. The first-order valence-corrected chi connectivity index (χ1v) is 6.67. The molecule has 0 atom stereocenters. The van der Waals surface area contributed by atoms with Crippen molar-refractivity contribution < 1.29 is 9.90 Å². The number of benzene rings is 1. The molecule has 1 aliphatic rings. The van der Waals surface area contributed by atoms with Crippen LogP contribution in [0.2, 0.25) is 0 Å². The number of aromatic carboxylic acids is 1. The molecule has 1 aromatic carbocycles. The molecule has 0 amide bonds. The van der Waals surface area contributed by atoms with Gasteiger partial charge in [0.25, 0.3) is 0 Å². The SMILES string of the molecule is O=C(O)c1ccc2nc(CC3CCC3)sc2c1. The Morgan fingerprint density at radius 1 is 1.47 bits per heavy atom. The molecule has 17 heavy (non-hydrogen) atoms. The Balaban J connectivity index is 1.91. The van der Waals surface area contributed by atoms with Crippen LogP contribution in [0.4, 0.5) is 0 Å². The van der Waals surface area contributed by atoms with Crippen LogP contribution < -0.4 is 0 Å². The van der Waals surface area contributed by atoms with Gasteiger partial charge in [-0.25, -0.2) is 9.78 Å². The van der Waals surface area contributed by atoms with Gasteiger partial charge in [0.05, 0.1) is 20.8 Å². The molecule has 1 N–H and O–H groups in total. The molecule has 0 saturated heterocycles. The van der Waals surface area contributed by atoms with E-state index in [1.807, 2.05) is 0 Å². The molecular weight excluding hydrogens is 234 g/mol. The van der Waals surface area contributed by atoms with Crippen molar-refractivity contribution in [3.05, 3.63) is 28.8 Å². The van der Waals surface area contributed by atoms with Crippen LogP contribution in [-0.2, 0) is 6.42 Å². The first-order chi connectivity index (χ1) is 8.22. The Kier molecular flexibility index (Phi) is 2.59. The smallest absolute Gasteiger partial charge is 0.335 e. The summed E-state index contributed by atoms with van der Waals surface area (Å²) in [6, 6.07) is 5.15. The number of carboxylic acid groups (broad SMARTS) is 1. The molecule has 1 saturated carbocycles. The first-order valence-electron chi connectivity index (χ1n) is 5.85. The van der Waals surface area contributed by atoms with E-state index in [-0.39, 0.29) is 0 Å². The van der Waals surface area contributed by atoms with Crippen LogP contribution >= 0.6 is 11.3 Å². The third kappa shape index (κ3) is 2.05. The van der Waals surface area contributed by atoms with Crippen LogP contribution in [-0.4, -0.2) is 16.1 Å². The van der Waals surface area contributed by atoms with Crippen molar-refractivity contribution >= 4 is 27.5 Å². The minimum absolute atomic E-state index is 0.344. The van der Waals surface area contributed by atoms with Gasteiger partial charge in [0.15, 0.2) is 0 Å². The van der Waals surface area contributed by atoms with Crippen LogP contribution in [0.3, 0.4) is 0 Å². The summed E-state index contributed by atoms with van der Waals surface area (Å²) in [6.45, 7) is 0. The Bertz CT molecular complexity index is 572. The summed E-state index contributed by atoms with van der Waals surface area (Å²) in [6.07, 6.45) is 5.03. The van der Waals surface area contributed by atoms with Crippen LogP contribution in [0.5, 0.6) is 0 Å². The summed E-state index contributed by atoms with van der Waals surface area (Å²) in [5.74, 6) is -0.0738. The highest BCUT2D eigenvalue weighted by Gasteiger charge is 2.19. The Morgan fingerprint density at radius 2 is 2.29 bits per heavy atom. The summed E-state index contributed by atoms with van der Waals surface area (Å²) in [4.78, 5) is 15.4. The van der Waals surface area contributed by atoms with E-state index in [1.165, 1.54) is 19.3 Å². The highest BCUT2D eigenvalue weighted by molar-refractivity contribution is 7.18. The van der Waals surface area contributed by atoms with Gasteiger partial charge in [-0.1, -0.05) is 19.3 Å². The van der Waals surface area contributed by atoms with Crippen LogP contribution in [0.1, 0.15) is 34.6 Å². The number of nitrogens with zero attached hydrogens (tertiary/aromatic N) is 1. The Labute approximate surface area is 103 Å². The molecular formula is C13H13NO2S. The van der Waals surface area contributed by atoms with E-state index >= 15 is 0 Å². The lowest BCUT2D eigenvalue weighted by atomic mass is 9.83. The second-order valence-corrected chi connectivity index (χ2v) is 5.71. The second-order valence-electron chi connectivity index (χ2n) is 4.60. The lowest BCUT2D eigenvalue weighted by Crippen LogP contribution is -2.13. The molecule has 1 heterocycles. The zero-order chi connectivity index (χ0) is 11.8. The third-order valence-electron chi connectivity index (χ3n) is 3.37. The summed E-state index contributed by atoms with van der Waals surface area (Å²) in [7, 11) is 0. The molecule has 2 aromatic rings. The zero-order valence-corrected chi connectivity index (χ0v) is 10.2. The van der Waals surface area contributed by atoms with Crippen molar-refractivity contribution in [1.29, 1.82) is 0 Å². The number of carbonyl (C=O) groups is 1. The van der Waals surface area contributed by atoms with Gasteiger partial charge in [-0.15, -0.1) is 11.3 Å². The van der Waals surface area contributed by atoms with Gasteiger partial charge in [0.2, 0.25) is 0 Å². The number of carboxylic acids is 1. The highest BCUT2D eigenvalue weighted by atomic mass is 32.1. The molecule has 1 aromatic heterocycles. The van der Waals surface area contributed by atoms with Gasteiger partial charge >= 0.3 is 5.97 Å². The van der Waals surface area contributed by atoms with E-state index in [0.29, 0.717) is 5.56 Å². The third-order valence-corrected chi connectivity index (χ3v) is 4.41. The standard InChI is InChI=1S/C13H13NO2S/c15-13(16)9-4-5-10-11(7-9)17-12(14-10)6-8-2-1-3-8/h4-5,7-8H,1-3,6H2,(H,15,16). The van der Waals surface area contributed by atoms with E-state index in [0.717, 1.165) is 27.6 Å². The fraction of sp³-hybridized carbons (Fsp3) is 0.385. The molecule has 1 fully saturated rings. The number of hydrogen-bond acceptors (Lipinski definition) is 3. The molecule has 0 unspecified atom stereocenters. The number of aromatic nitrogens is 1. The van der Waals surface area contributed by atoms with Crippen molar-refractivity contribution in [2.75, 3.05) is 0 Å². The number of hydrogen-bond donors (Lipinski definition) is 1. The zero-order valence-electron chi connectivity index (χ0n) is 9.35. The van der Waals surface area contributed by atoms with Gasteiger partial charge in [0.1, 0.15) is 0 Å². The minimum atomic E-state index is -0.874. The van der Waals surface area contributed by atoms with Crippen LogP contribution in [0.15, 0.2) is 18.2 Å². The summed E-state index contributed by atoms with van der Waals surface area (Å²) in [5.41, 5.74) is 1.27. The molecule has 3 nitrogen and oxygen atoms in total. The van der Waals surface area contributed by atoms with E-state index in [4.69, 9.17) is 5.11 Å². The average Bonchev–Trinajstić information content (AvgIpc) is 2.64. The fourth-order valence-corrected chi connectivity index (χ4v) is 3.26. The lowest BCUT2D eigenvalue weighted by Gasteiger charge is -2.23. The summed E-state index contributed by atoms with van der Waals surface area (Å²) in [5, 5.41) is 10.1. The molecule has 0 radical (unpaired) electrons. The van der Waals surface area contributed by atoms with E-state index in [2.05, 4.69) is 4.98 Å². The lowest BCUT2D eigenvalue weighted by molar-refractivity contribution is 0.0697. The Morgan fingerprint density at radius 3 is 2.94 bits per heavy atom. The number of rotatable bonds is 3. The molecule has 1 aliphatic carbocycles. The van der Waals surface area contributed by atoms with Crippen molar-refractivity contribution in [3.63, 3.8) is 0 Å². The summed E-state index contributed by atoms with van der Waals surface area (Å²) < 4.78 is 0.985. The van der Waals surface area contributed by atoms with Crippen molar-refractivity contribution in [2.45, 2.75) is 25.7 Å². The molecule has 0 bridgehead atoms. The highest BCUT2D eigenvalue weighted by Crippen LogP contribution is 2.32. The van der Waals surface area contributed by atoms with Crippen LogP contribution in [0, 0.1) is 5.92 Å². The van der Waals surface area contributed by atoms with E-state index < -0.39 is 5.97 Å². The average molecular weight is 247 g/mol. The monoisotopic (exact) mass is 247 g/mol. The van der Waals surface area contributed by atoms with Gasteiger partial charge in [-0.3, -0.25) is 0 Å². The maximum atomic E-state index is 10.9. The predicted molar refractivity (Wildman–Crippen MR) is 67.6 cm³/mol. The van der Waals surface area contributed by atoms with Gasteiger partial charge in [0, 0.05) is 6.42 Å². The number of fused-ring (bicyclic) bond motifs is 1. The Hall–Kier alpha value is -1.42. The maximum Gasteiger partial charge on any atom is 0.335 e. The van der Waals surface area contributed by atoms with Crippen molar-refractivity contribution in [2.24, 2.45) is 5.92 Å². The molecule has 4 heteroatoms. The van der Waals surface area contributed by atoms with Crippen LogP contribution in [0.25, 0.3) is 10.2 Å². The molecule has 3 rings (SSSR count). The molecule has 0 spiro atoms. The van der Waals surface area contributed by atoms with Crippen molar-refractivity contribution in [1.82, 2.24) is 4.98 Å². The quantitative estimate of drug-likeness (QED) is 0.905. The number of thiazole rings is 1. The van der Waals surface area contributed by atoms with Gasteiger partial charge < -0.3 is 5.11 Å². The van der Waals surface area contributed by atoms with E-state index in [1.54, 1.807) is 29.5 Å². The predicted octanol–water partition coefficient (Wildman–Crippen LogP) is 3.34. The minimum Gasteiger partial charge on any atom is -0.478 e. The maximum absolute atomic E-state index is 10.9. The largest absolute Gasteiger partial charge is 0.478 e. The molecule has 88 valence electrons. The fourth-order valence-electron chi connectivity index (χ4n) is 2.14. The van der Waals surface area contributed by atoms with Gasteiger partial charge in [-0.2, -0.15) is 0 Å². The second kappa shape index (κ2) is 4.11. The van der Waals surface area contributed by atoms with Gasteiger partial charge in [-0.05, 0) is 24.1 Å². The van der Waals surface area contributed by atoms with E-state index in [9.17, 15) is 4.79 Å². The summed E-state index contributed by atoms with van der Waals surface area (Å²) >= 11 is 1.63. The first kappa shape index (κ1) is 10.7.